The number of carbonyl (C=O) groups is 1. The lowest BCUT2D eigenvalue weighted by Crippen LogP contribution is -2.29. The third-order valence-corrected chi connectivity index (χ3v) is 3.72. The van der Waals surface area contributed by atoms with Gasteiger partial charge in [0.15, 0.2) is 0 Å². The molecule has 0 fully saturated rings. The second-order valence-corrected chi connectivity index (χ2v) is 5.79. The minimum atomic E-state index is -0.274. The minimum absolute atomic E-state index is 0.164. The smallest absolute Gasteiger partial charge is 0.238 e. The largest absolute Gasteiger partial charge is 0.325 e. The van der Waals surface area contributed by atoms with E-state index in [1.807, 2.05) is 11.9 Å². The van der Waals surface area contributed by atoms with E-state index >= 15 is 0 Å². The lowest BCUT2D eigenvalue weighted by Gasteiger charge is -2.16. The summed E-state index contributed by atoms with van der Waals surface area (Å²) in [5, 5.41) is 3.58. The van der Waals surface area contributed by atoms with Crippen LogP contribution in [0.3, 0.4) is 0 Å². The number of anilines is 1. The highest BCUT2D eigenvalue weighted by atomic mass is 35.5. The molecule has 1 amide bonds. The molecule has 0 aliphatic rings. The van der Waals surface area contributed by atoms with Gasteiger partial charge in [0.05, 0.1) is 16.6 Å². The standard InChI is InChI=1S/C16H15Cl2FN2O/c1-21(9-11-2-4-12(19)5-3-11)10-16(22)20-13-6-7-14(17)15(18)8-13/h2-8H,9-10H2,1H3,(H,20,22). The van der Waals surface area contributed by atoms with Crippen molar-refractivity contribution in [2.24, 2.45) is 0 Å². The van der Waals surface area contributed by atoms with Crippen LogP contribution in [0.25, 0.3) is 0 Å². The van der Waals surface area contributed by atoms with E-state index in [-0.39, 0.29) is 18.3 Å². The van der Waals surface area contributed by atoms with Crippen LogP contribution in [0.1, 0.15) is 5.56 Å². The molecule has 0 saturated carbocycles. The predicted molar refractivity (Wildman–Crippen MR) is 87.8 cm³/mol. The molecule has 0 unspecified atom stereocenters. The van der Waals surface area contributed by atoms with Crippen molar-refractivity contribution in [2.75, 3.05) is 18.9 Å². The first kappa shape index (κ1) is 16.7. The summed E-state index contributed by atoms with van der Waals surface area (Å²) in [5.74, 6) is -0.438. The summed E-state index contributed by atoms with van der Waals surface area (Å²) < 4.78 is 12.8. The molecule has 0 aliphatic heterocycles. The Labute approximate surface area is 138 Å². The Kier molecular flexibility index (Phi) is 5.77. The molecule has 6 heteroatoms. The number of carbonyl (C=O) groups excluding carboxylic acids is 1. The van der Waals surface area contributed by atoms with Crippen molar-refractivity contribution in [1.82, 2.24) is 4.90 Å². The minimum Gasteiger partial charge on any atom is -0.325 e. The fourth-order valence-electron chi connectivity index (χ4n) is 1.98. The van der Waals surface area contributed by atoms with Gasteiger partial charge in [-0.15, -0.1) is 0 Å². The summed E-state index contributed by atoms with van der Waals surface area (Å²) in [4.78, 5) is 13.8. The number of rotatable bonds is 5. The van der Waals surface area contributed by atoms with Gasteiger partial charge in [-0.25, -0.2) is 4.39 Å². The molecule has 116 valence electrons. The van der Waals surface area contributed by atoms with E-state index in [0.29, 0.717) is 22.3 Å². The molecule has 0 spiro atoms. The zero-order valence-corrected chi connectivity index (χ0v) is 13.5. The van der Waals surface area contributed by atoms with E-state index in [0.717, 1.165) is 5.56 Å². The van der Waals surface area contributed by atoms with Crippen LogP contribution in [0.4, 0.5) is 10.1 Å². The molecule has 2 aromatic rings. The van der Waals surface area contributed by atoms with E-state index in [9.17, 15) is 9.18 Å². The molecule has 1 N–H and O–H groups in total. The van der Waals surface area contributed by atoms with Gasteiger partial charge >= 0.3 is 0 Å². The summed E-state index contributed by atoms with van der Waals surface area (Å²) in [6, 6.07) is 11.1. The highest BCUT2D eigenvalue weighted by Gasteiger charge is 2.08. The Morgan fingerprint density at radius 3 is 2.45 bits per heavy atom. The molecule has 0 heterocycles. The summed E-state index contributed by atoms with van der Waals surface area (Å²) in [6.07, 6.45) is 0. The summed E-state index contributed by atoms with van der Waals surface area (Å²) in [6.45, 7) is 0.757. The van der Waals surface area contributed by atoms with Crippen molar-refractivity contribution >= 4 is 34.8 Å². The molecule has 2 aromatic carbocycles. The van der Waals surface area contributed by atoms with Crippen LogP contribution >= 0.6 is 23.2 Å². The lowest BCUT2D eigenvalue weighted by molar-refractivity contribution is -0.117. The number of hydrogen-bond acceptors (Lipinski definition) is 2. The molecule has 22 heavy (non-hydrogen) atoms. The van der Waals surface area contributed by atoms with Crippen LogP contribution in [0, 0.1) is 5.82 Å². The second kappa shape index (κ2) is 7.58. The quantitative estimate of drug-likeness (QED) is 0.884. The summed E-state index contributed by atoms with van der Waals surface area (Å²) >= 11 is 11.7. The molecular formula is C16H15Cl2FN2O. The average Bonchev–Trinajstić information content (AvgIpc) is 2.45. The highest BCUT2D eigenvalue weighted by Crippen LogP contribution is 2.24. The van der Waals surface area contributed by atoms with Gasteiger partial charge in [0, 0.05) is 12.2 Å². The number of halogens is 3. The van der Waals surface area contributed by atoms with Crippen LogP contribution in [-0.4, -0.2) is 24.4 Å². The van der Waals surface area contributed by atoms with Crippen molar-refractivity contribution in [3.8, 4) is 0 Å². The summed E-state index contributed by atoms with van der Waals surface area (Å²) in [5.41, 5.74) is 1.53. The van der Waals surface area contributed by atoms with Gasteiger partial charge in [-0.3, -0.25) is 9.69 Å². The number of amides is 1. The number of likely N-dealkylation sites (N-methyl/N-ethyl adjacent to an activating group) is 1. The van der Waals surface area contributed by atoms with Crippen molar-refractivity contribution in [3.05, 3.63) is 63.9 Å². The average molecular weight is 341 g/mol. The van der Waals surface area contributed by atoms with Crippen LogP contribution in [0.2, 0.25) is 10.0 Å². The number of nitrogens with one attached hydrogen (secondary N) is 1. The zero-order valence-electron chi connectivity index (χ0n) is 11.9. The zero-order chi connectivity index (χ0) is 16.1. The second-order valence-electron chi connectivity index (χ2n) is 4.98. The SMILES string of the molecule is CN(CC(=O)Nc1ccc(Cl)c(Cl)c1)Cc1ccc(F)cc1. The Balaban J connectivity index is 1.88. The Morgan fingerprint density at radius 1 is 1.14 bits per heavy atom. The van der Waals surface area contributed by atoms with Gasteiger partial charge in [-0.2, -0.15) is 0 Å². The van der Waals surface area contributed by atoms with E-state index in [1.165, 1.54) is 12.1 Å². The maximum Gasteiger partial charge on any atom is 0.238 e. The van der Waals surface area contributed by atoms with Crippen molar-refractivity contribution in [2.45, 2.75) is 6.54 Å². The third-order valence-electron chi connectivity index (χ3n) is 2.98. The van der Waals surface area contributed by atoms with Crippen LogP contribution in [-0.2, 0) is 11.3 Å². The summed E-state index contributed by atoms with van der Waals surface area (Å²) in [7, 11) is 1.82. The van der Waals surface area contributed by atoms with Gasteiger partial charge in [-0.05, 0) is 42.9 Å². The number of hydrogen-bond donors (Lipinski definition) is 1. The molecule has 3 nitrogen and oxygen atoms in total. The van der Waals surface area contributed by atoms with E-state index in [2.05, 4.69) is 5.32 Å². The van der Waals surface area contributed by atoms with E-state index in [1.54, 1.807) is 30.3 Å². The molecule has 0 aromatic heterocycles. The van der Waals surface area contributed by atoms with Crippen LogP contribution in [0.5, 0.6) is 0 Å². The maximum absolute atomic E-state index is 12.8. The normalized spacial score (nSPS) is 10.8. The van der Waals surface area contributed by atoms with Crippen molar-refractivity contribution in [1.29, 1.82) is 0 Å². The molecule has 0 radical (unpaired) electrons. The first-order valence-electron chi connectivity index (χ1n) is 6.62. The molecule has 0 saturated heterocycles. The fourth-order valence-corrected chi connectivity index (χ4v) is 2.28. The first-order valence-corrected chi connectivity index (χ1v) is 7.37. The fraction of sp³-hybridized carbons (Fsp3) is 0.188. The molecule has 0 aliphatic carbocycles. The van der Waals surface area contributed by atoms with E-state index < -0.39 is 0 Å². The third kappa shape index (κ3) is 4.98. The highest BCUT2D eigenvalue weighted by molar-refractivity contribution is 6.42. The van der Waals surface area contributed by atoms with Gasteiger partial charge in [0.25, 0.3) is 0 Å². The molecule has 0 atom stereocenters. The Hall–Kier alpha value is -1.62. The van der Waals surface area contributed by atoms with Gasteiger partial charge in [-0.1, -0.05) is 35.3 Å². The molecular weight excluding hydrogens is 326 g/mol. The van der Waals surface area contributed by atoms with Crippen molar-refractivity contribution < 1.29 is 9.18 Å². The van der Waals surface area contributed by atoms with Crippen LogP contribution < -0.4 is 5.32 Å². The maximum atomic E-state index is 12.8. The predicted octanol–water partition coefficient (Wildman–Crippen LogP) is 4.20. The van der Waals surface area contributed by atoms with Gasteiger partial charge in [0.1, 0.15) is 5.82 Å². The number of nitrogens with zero attached hydrogens (tertiary/aromatic N) is 1. The molecule has 0 bridgehead atoms. The van der Waals surface area contributed by atoms with Gasteiger partial charge in [0.2, 0.25) is 5.91 Å². The monoisotopic (exact) mass is 340 g/mol. The Bertz CT molecular complexity index is 662. The number of benzene rings is 2. The van der Waals surface area contributed by atoms with Gasteiger partial charge < -0.3 is 5.32 Å². The topological polar surface area (TPSA) is 32.3 Å². The first-order chi connectivity index (χ1) is 10.4. The lowest BCUT2D eigenvalue weighted by atomic mass is 10.2. The van der Waals surface area contributed by atoms with E-state index in [4.69, 9.17) is 23.2 Å². The Morgan fingerprint density at radius 2 is 1.82 bits per heavy atom. The molecule has 2 rings (SSSR count). The van der Waals surface area contributed by atoms with Crippen LogP contribution in [0.15, 0.2) is 42.5 Å². The van der Waals surface area contributed by atoms with Crippen molar-refractivity contribution in [3.63, 3.8) is 0 Å².